The molecule has 0 radical (unpaired) electrons. The lowest BCUT2D eigenvalue weighted by Crippen LogP contribution is -2.41. The van der Waals surface area contributed by atoms with Crippen LogP contribution in [0.3, 0.4) is 0 Å². The average molecular weight is 147 g/mol. The van der Waals surface area contributed by atoms with Gasteiger partial charge in [-0.1, -0.05) is 0 Å². The van der Waals surface area contributed by atoms with Gasteiger partial charge in [-0.25, -0.2) is 0 Å². The summed E-state index contributed by atoms with van der Waals surface area (Å²) in [5.41, 5.74) is 0. The van der Waals surface area contributed by atoms with Crippen LogP contribution >= 0.6 is 9.39 Å². The largest absolute Gasteiger partial charge is 0.369 e. The fraction of sp³-hybridized carbons (Fsp3) is 0.800. The molecule has 1 fully saturated rings. The van der Waals surface area contributed by atoms with E-state index in [2.05, 4.69) is 9.39 Å². The van der Waals surface area contributed by atoms with Crippen LogP contribution in [0.4, 0.5) is 0 Å². The Bertz CT molecular complexity index is 128. The number of carbonyl (C=O) groups is 1. The number of ether oxygens (including phenoxy) is 1. The maximum Gasteiger partial charge on any atom is 0.251 e. The minimum atomic E-state index is 0.0405. The van der Waals surface area contributed by atoms with Crippen LogP contribution in [0, 0.1) is 0 Å². The summed E-state index contributed by atoms with van der Waals surface area (Å²) in [6.07, 6.45) is 0. The molecular formula is C5H10NO2P. The number of hydrogen-bond donors (Lipinski definition) is 0. The smallest absolute Gasteiger partial charge is 0.251 e. The Balaban J connectivity index is 2.51. The highest BCUT2D eigenvalue weighted by atomic mass is 31.0. The molecule has 1 amide bonds. The van der Waals surface area contributed by atoms with E-state index in [0.29, 0.717) is 6.61 Å². The van der Waals surface area contributed by atoms with Crippen molar-refractivity contribution in [1.29, 1.82) is 0 Å². The Morgan fingerprint density at radius 3 is 3.00 bits per heavy atom. The Labute approximate surface area is 56.6 Å². The topological polar surface area (TPSA) is 29.5 Å². The minimum absolute atomic E-state index is 0.0405. The van der Waals surface area contributed by atoms with Gasteiger partial charge in [-0.3, -0.25) is 4.79 Å². The average Bonchev–Trinajstić information content (AvgIpc) is 1.83. The fourth-order valence-corrected chi connectivity index (χ4v) is 0.878. The first-order valence-corrected chi connectivity index (χ1v) is 3.38. The lowest BCUT2D eigenvalue weighted by molar-refractivity contribution is -0.139. The zero-order valence-electron chi connectivity index (χ0n) is 5.33. The second-order valence-corrected chi connectivity index (χ2v) is 2.72. The highest BCUT2D eigenvalue weighted by Gasteiger charge is 2.20. The van der Waals surface area contributed by atoms with Gasteiger partial charge >= 0.3 is 0 Å². The van der Waals surface area contributed by atoms with Crippen molar-refractivity contribution in [3.63, 3.8) is 0 Å². The molecule has 52 valence electrons. The van der Waals surface area contributed by atoms with Crippen LogP contribution in [0.25, 0.3) is 0 Å². The summed E-state index contributed by atoms with van der Waals surface area (Å²) in [6.45, 7) is 2.83. The lowest BCUT2D eigenvalue weighted by atomic mass is 10.3. The predicted molar refractivity (Wildman–Crippen MR) is 36.8 cm³/mol. The lowest BCUT2D eigenvalue weighted by Gasteiger charge is -2.28. The van der Waals surface area contributed by atoms with Crippen LogP contribution < -0.4 is 0 Å². The molecule has 0 aromatic carbocycles. The molecule has 0 bridgehead atoms. The van der Waals surface area contributed by atoms with Crippen LogP contribution in [0.5, 0.6) is 0 Å². The van der Waals surface area contributed by atoms with E-state index in [1.807, 2.05) is 6.92 Å². The maximum absolute atomic E-state index is 10.8. The molecule has 1 rings (SSSR count). The predicted octanol–water partition coefficient (Wildman–Crippen LogP) is 0.0238. The van der Waals surface area contributed by atoms with Gasteiger partial charge in [0.15, 0.2) is 0 Å². The highest BCUT2D eigenvalue weighted by Crippen LogP contribution is 2.11. The van der Waals surface area contributed by atoms with E-state index in [0.717, 1.165) is 0 Å². The number of hydrogen-bond acceptors (Lipinski definition) is 2. The molecule has 0 aromatic rings. The van der Waals surface area contributed by atoms with E-state index in [-0.39, 0.29) is 18.6 Å². The van der Waals surface area contributed by atoms with Crippen LogP contribution in [0.2, 0.25) is 0 Å². The molecule has 1 unspecified atom stereocenters. The third-order valence-electron chi connectivity index (χ3n) is 1.35. The fourth-order valence-electron chi connectivity index (χ4n) is 0.717. The van der Waals surface area contributed by atoms with Gasteiger partial charge in [0.1, 0.15) is 6.61 Å². The second-order valence-electron chi connectivity index (χ2n) is 2.17. The van der Waals surface area contributed by atoms with Crippen LogP contribution in [0.15, 0.2) is 0 Å². The number of morpholine rings is 1. The first-order valence-electron chi connectivity index (χ1n) is 2.86. The third kappa shape index (κ3) is 1.41. The summed E-state index contributed by atoms with van der Waals surface area (Å²) in [7, 11) is 2.39. The molecule has 1 saturated heterocycles. The van der Waals surface area contributed by atoms with Crippen molar-refractivity contribution in [3.8, 4) is 0 Å². The van der Waals surface area contributed by atoms with Crippen molar-refractivity contribution in [1.82, 2.24) is 4.67 Å². The molecular weight excluding hydrogens is 137 g/mol. The summed E-state index contributed by atoms with van der Waals surface area (Å²) >= 11 is 0. The number of carbonyl (C=O) groups excluding carboxylic acids is 1. The van der Waals surface area contributed by atoms with Crippen LogP contribution in [0.1, 0.15) is 6.92 Å². The van der Waals surface area contributed by atoms with Gasteiger partial charge in [0.25, 0.3) is 5.91 Å². The molecule has 0 aliphatic carbocycles. The van der Waals surface area contributed by atoms with E-state index in [9.17, 15) is 4.79 Å². The standard InChI is InChI=1S/C5H10NO2P/c1-4-2-8-3-5(7)6(4)9/h4H,2-3,9H2,1H3/t4-/m1/s1. The molecule has 0 saturated carbocycles. The van der Waals surface area contributed by atoms with Gasteiger partial charge in [-0.15, -0.1) is 0 Å². The first-order chi connectivity index (χ1) is 4.22. The second kappa shape index (κ2) is 2.63. The monoisotopic (exact) mass is 147 g/mol. The Kier molecular flexibility index (Phi) is 2.04. The Morgan fingerprint density at radius 1 is 1.89 bits per heavy atom. The summed E-state index contributed by atoms with van der Waals surface area (Å²) in [5.74, 6) is 0.0405. The zero-order chi connectivity index (χ0) is 6.85. The highest BCUT2D eigenvalue weighted by molar-refractivity contribution is 7.14. The van der Waals surface area contributed by atoms with Gasteiger partial charge in [0.05, 0.1) is 12.6 Å². The van der Waals surface area contributed by atoms with Gasteiger partial charge in [0, 0.05) is 0 Å². The molecule has 1 aliphatic rings. The third-order valence-corrected chi connectivity index (χ3v) is 2.14. The molecule has 1 aliphatic heterocycles. The molecule has 9 heavy (non-hydrogen) atoms. The van der Waals surface area contributed by atoms with E-state index in [1.165, 1.54) is 0 Å². The Hall–Kier alpha value is -0.140. The zero-order valence-corrected chi connectivity index (χ0v) is 6.49. The Morgan fingerprint density at radius 2 is 2.56 bits per heavy atom. The number of amides is 1. The van der Waals surface area contributed by atoms with Crippen LogP contribution in [-0.2, 0) is 9.53 Å². The summed E-state index contributed by atoms with van der Waals surface area (Å²) in [4.78, 5) is 10.8. The molecule has 0 spiro atoms. The van der Waals surface area contributed by atoms with E-state index >= 15 is 0 Å². The number of nitrogens with zero attached hydrogens (tertiary/aromatic N) is 1. The van der Waals surface area contributed by atoms with E-state index < -0.39 is 0 Å². The summed E-state index contributed by atoms with van der Waals surface area (Å²) < 4.78 is 6.59. The quantitative estimate of drug-likeness (QED) is 0.452. The molecule has 4 heteroatoms. The summed E-state index contributed by atoms with van der Waals surface area (Å²) in [5, 5.41) is 0. The van der Waals surface area contributed by atoms with Crippen molar-refractivity contribution < 1.29 is 9.53 Å². The van der Waals surface area contributed by atoms with Crippen molar-refractivity contribution in [2.24, 2.45) is 0 Å². The van der Waals surface area contributed by atoms with Gasteiger partial charge in [-0.2, -0.15) is 0 Å². The minimum Gasteiger partial charge on any atom is -0.369 e. The molecule has 1 heterocycles. The van der Waals surface area contributed by atoms with E-state index in [1.54, 1.807) is 4.67 Å². The van der Waals surface area contributed by atoms with Crippen molar-refractivity contribution in [2.75, 3.05) is 13.2 Å². The van der Waals surface area contributed by atoms with Gasteiger partial charge < -0.3 is 9.41 Å². The van der Waals surface area contributed by atoms with Crippen molar-refractivity contribution in [2.45, 2.75) is 13.0 Å². The SMILES string of the molecule is C[C@@H]1COCC(=O)N1P. The van der Waals surface area contributed by atoms with Crippen LogP contribution in [-0.4, -0.2) is 29.8 Å². The molecule has 0 aromatic heterocycles. The van der Waals surface area contributed by atoms with Crippen molar-refractivity contribution >= 4 is 15.3 Å². The first kappa shape index (κ1) is 6.97. The normalized spacial score (nSPS) is 28.9. The van der Waals surface area contributed by atoms with Gasteiger partial charge in [-0.05, 0) is 16.3 Å². The van der Waals surface area contributed by atoms with Gasteiger partial charge in [0.2, 0.25) is 0 Å². The number of rotatable bonds is 0. The molecule has 0 N–H and O–H groups in total. The summed E-state index contributed by atoms with van der Waals surface area (Å²) in [6, 6.07) is 0.205. The van der Waals surface area contributed by atoms with Crippen molar-refractivity contribution in [3.05, 3.63) is 0 Å². The molecule has 3 nitrogen and oxygen atoms in total. The van der Waals surface area contributed by atoms with E-state index in [4.69, 9.17) is 4.74 Å². The maximum atomic E-state index is 10.8. The molecule has 2 atom stereocenters.